The second-order valence-electron chi connectivity index (χ2n) is 7.03. The van der Waals surface area contributed by atoms with Gasteiger partial charge < -0.3 is 12.4 Å². The summed E-state index contributed by atoms with van der Waals surface area (Å²) in [5.41, 5.74) is 2.04. The summed E-state index contributed by atoms with van der Waals surface area (Å²) in [6, 6.07) is 13.7. The van der Waals surface area contributed by atoms with Gasteiger partial charge in [-0.3, -0.25) is 4.90 Å². The molecular weight excluding hydrogens is 387 g/mol. The summed E-state index contributed by atoms with van der Waals surface area (Å²) in [5, 5.41) is 0. The van der Waals surface area contributed by atoms with Crippen LogP contribution in [0.1, 0.15) is 30.9 Å². The molecule has 1 fully saturated rings. The predicted molar refractivity (Wildman–Crippen MR) is 101 cm³/mol. The second-order valence-corrected chi connectivity index (χ2v) is 8.97. The molecule has 0 atom stereocenters. The molecule has 0 bridgehead atoms. The Kier molecular flexibility index (Phi) is 7.40. The van der Waals surface area contributed by atoms with Crippen LogP contribution in [-0.4, -0.2) is 43.8 Å². The Hall–Kier alpha value is -1.47. The van der Waals surface area contributed by atoms with E-state index in [0.29, 0.717) is 43.5 Å². The fourth-order valence-corrected chi connectivity index (χ4v) is 4.62. The maximum absolute atomic E-state index is 13.3. The molecule has 1 aliphatic rings. The minimum Gasteiger partial charge on any atom is -1.00 e. The summed E-state index contributed by atoms with van der Waals surface area (Å²) in [6.07, 6.45) is 0. The topological polar surface area (TPSA) is 40.6 Å². The summed E-state index contributed by atoms with van der Waals surface area (Å²) in [5.74, 6) is 0.131. The van der Waals surface area contributed by atoms with Gasteiger partial charge in [0.1, 0.15) is 5.82 Å². The van der Waals surface area contributed by atoms with E-state index in [1.54, 1.807) is 22.5 Å². The molecule has 0 saturated carbocycles. The lowest BCUT2D eigenvalue weighted by Crippen LogP contribution is -3.00. The number of sulfonamides is 1. The van der Waals surface area contributed by atoms with Gasteiger partial charge in [-0.1, -0.05) is 38.1 Å². The molecule has 3 rings (SSSR count). The number of hydrogen-bond acceptors (Lipinski definition) is 3. The zero-order valence-corrected chi connectivity index (χ0v) is 17.2. The molecule has 0 radical (unpaired) electrons. The van der Waals surface area contributed by atoms with Gasteiger partial charge in [0.15, 0.2) is 0 Å². The first-order chi connectivity index (χ1) is 12.4. The molecule has 0 amide bonds. The van der Waals surface area contributed by atoms with Crippen molar-refractivity contribution in [1.82, 2.24) is 9.21 Å². The lowest BCUT2D eigenvalue weighted by Gasteiger charge is -2.34. The van der Waals surface area contributed by atoms with Crippen molar-refractivity contribution < 1.29 is 25.2 Å². The minimum absolute atomic E-state index is 0. The smallest absolute Gasteiger partial charge is 0.243 e. The van der Waals surface area contributed by atoms with Gasteiger partial charge in [-0.05, 0) is 41.3 Å². The quantitative estimate of drug-likeness (QED) is 0.717. The highest BCUT2D eigenvalue weighted by molar-refractivity contribution is 7.89. The number of benzene rings is 2. The van der Waals surface area contributed by atoms with E-state index >= 15 is 0 Å². The third kappa shape index (κ3) is 5.29. The van der Waals surface area contributed by atoms with E-state index in [4.69, 9.17) is 0 Å². The van der Waals surface area contributed by atoms with Crippen LogP contribution in [0, 0.1) is 5.82 Å². The normalized spacial score (nSPS) is 16.3. The number of hydrogen-bond donors (Lipinski definition) is 0. The maximum atomic E-state index is 13.3. The van der Waals surface area contributed by atoms with E-state index in [1.165, 1.54) is 12.1 Å². The SMILES string of the molecule is CC(C)c1ccc(S(=O)(=O)N2CCN(Cc3cccc(F)c3)CC2)cc1.[Cl-]. The molecule has 2 aromatic carbocycles. The Bertz CT molecular complexity index is 849. The third-order valence-corrected chi connectivity index (χ3v) is 6.72. The van der Waals surface area contributed by atoms with E-state index in [9.17, 15) is 12.8 Å². The van der Waals surface area contributed by atoms with Crippen LogP contribution < -0.4 is 12.4 Å². The zero-order valence-electron chi connectivity index (χ0n) is 15.6. The van der Waals surface area contributed by atoms with Gasteiger partial charge >= 0.3 is 0 Å². The fourth-order valence-electron chi connectivity index (χ4n) is 3.20. The van der Waals surface area contributed by atoms with Crippen molar-refractivity contribution in [3.05, 3.63) is 65.5 Å². The van der Waals surface area contributed by atoms with Crippen LogP contribution in [0.2, 0.25) is 0 Å². The van der Waals surface area contributed by atoms with E-state index in [2.05, 4.69) is 18.7 Å². The number of nitrogens with zero attached hydrogens (tertiary/aromatic N) is 2. The van der Waals surface area contributed by atoms with Gasteiger partial charge in [0.05, 0.1) is 4.90 Å². The van der Waals surface area contributed by atoms with Crippen molar-refractivity contribution in [1.29, 1.82) is 0 Å². The average Bonchev–Trinajstić information content (AvgIpc) is 2.62. The van der Waals surface area contributed by atoms with Crippen LogP contribution in [0.3, 0.4) is 0 Å². The van der Waals surface area contributed by atoms with Crippen molar-refractivity contribution in [3.8, 4) is 0 Å². The van der Waals surface area contributed by atoms with Crippen molar-refractivity contribution in [3.63, 3.8) is 0 Å². The Labute approximate surface area is 167 Å². The Balaban J connectivity index is 0.00000261. The van der Waals surface area contributed by atoms with Crippen LogP contribution in [-0.2, 0) is 16.6 Å². The molecule has 0 unspecified atom stereocenters. The monoisotopic (exact) mass is 411 g/mol. The molecule has 2 aromatic rings. The molecular formula is C20H25ClFN2O2S-. The summed E-state index contributed by atoms with van der Waals surface area (Å²) >= 11 is 0. The van der Waals surface area contributed by atoms with Crippen molar-refractivity contribution in [2.45, 2.75) is 31.2 Å². The van der Waals surface area contributed by atoms with Gasteiger partial charge in [-0.15, -0.1) is 0 Å². The van der Waals surface area contributed by atoms with E-state index in [-0.39, 0.29) is 18.2 Å². The molecule has 0 N–H and O–H groups in total. The highest BCUT2D eigenvalue weighted by Crippen LogP contribution is 2.21. The van der Waals surface area contributed by atoms with E-state index < -0.39 is 10.0 Å². The van der Waals surface area contributed by atoms with Crippen molar-refractivity contribution >= 4 is 10.0 Å². The fraction of sp³-hybridized carbons (Fsp3) is 0.400. The third-order valence-electron chi connectivity index (χ3n) is 4.81. The molecule has 148 valence electrons. The summed E-state index contributed by atoms with van der Waals surface area (Å²) in [4.78, 5) is 2.50. The van der Waals surface area contributed by atoms with E-state index in [1.807, 2.05) is 18.2 Å². The molecule has 7 heteroatoms. The zero-order chi connectivity index (χ0) is 18.7. The molecule has 0 spiro atoms. The number of piperazine rings is 1. The minimum atomic E-state index is -3.46. The highest BCUT2D eigenvalue weighted by Gasteiger charge is 2.28. The first-order valence-corrected chi connectivity index (χ1v) is 10.4. The lowest BCUT2D eigenvalue weighted by atomic mass is 10.0. The standard InChI is InChI=1S/C20H25FN2O2S.ClH/c1-16(2)18-6-8-20(9-7-18)26(24,25)23-12-10-22(11-13-23)15-17-4-3-5-19(21)14-17;/h3-9,14,16H,10-13,15H2,1-2H3;1H/p-1. The predicted octanol–water partition coefficient (Wildman–Crippen LogP) is 0.460. The molecule has 1 heterocycles. The first kappa shape index (κ1) is 21.8. The number of halogens is 2. The molecule has 1 saturated heterocycles. The second kappa shape index (κ2) is 9.15. The Morgan fingerprint density at radius 2 is 1.63 bits per heavy atom. The lowest BCUT2D eigenvalue weighted by molar-refractivity contribution is -0.00000875. The summed E-state index contributed by atoms with van der Waals surface area (Å²) < 4.78 is 40.5. The van der Waals surface area contributed by atoms with Gasteiger partial charge in [-0.2, -0.15) is 4.31 Å². The molecule has 27 heavy (non-hydrogen) atoms. The molecule has 0 aliphatic carbocycles. The van der Waals surface area contributed by atoms with Crippen LogP contribution in [0.5, 0.6) is 0 Å². The molecule has 1 aliphatic heterocycles. The van der Waals surface area contributed by atoms with Gasteiger partial charge in [-0.25, -0.2) is 12.8 Å². The van der Waals surface area contributed by atoms with Crippen LogP contribution in [0.15, 0.2) is 53.4 Å². The van der Waals surface area contributed by atoms with Crippen LogP contribution in [0.4, 0.5) is 4.39 Å². The van der Waals surface area contributed by atoms with Gasteiger partial charge in [0.2, 0.25) is 10.0 Å². The summed E-state index contributed by atoms with van der Waals surface area (Å²) in [7, 11) is -3.46. The Morgan fingerprint density at radius 1 is 1.00 bits per heavy atom. The van der Waals surface area contributed by atoms with Gasteiger partial charge in [0, 0.05) is 32.7 Å². The Morgan fingerprint density at radius 3 is 2.19 bits per heavy atom. The molecule has 0 aromatic heterocycles. The molecule has 4 nitrogen and oxygen atoms in total. The maximum Gasteiger partial charge on any atom is 0.243 e. The summed E-state index contributed by atoms with van der Waals surface area (Å²) in [6.45, 7) is 6.98. The van der Waals surface area contributed by atoms with Crippen molar-refractivity contribution in [2.24, 2.45) is 0 Å². The van der Waals surface area contributed by atoms with Crippen LogP contribution in [0.25, 0.3) is 0 Å². The largest absolute Gasteiger partial charge is 1.00 e. The van der Waals surface area contributed by atoms with E-state index in [0.717, 1.165) is 11.1 Å². The highest BCUT2D eigenvalue weighted by atomic mass is 35.5. The van der Waals surface area contributed by atoms with Crippen molar-refractivity contribution in [2.75, 3.05) is 26.2 Å². The number of rotatable bonds is 5. The van der Waals surface area contributed by atoms with Crippen LogP contribution >= 0.6 is 0 Å². The average molecular weight is 412 g/mol. The van der Waals surface area contributed by atoms with Gasteiger partial charge in [0.25, 0.3) is 0 Å². The first-order valence-electron chi connectivity index (χ1n) is 8.93.